The van der Waals surface area contributed by atoms with E-state index >= 15 is 0 Å². The fourth-order valence-electron chi connectivity index (χ4n) is 3.79. The van der Waals surface area contributed by atoms with Crippen molar-refractivity contribution in [3.8, 4) is 0 Å². The third kappa shape index (κ3) is 3.57. The van der Waals surface area contributed by atoms with Crippen LogP contribution in [0.4, 0.5) is 4.79 Å². The molecule has 2 amide bonds. The van der Waals surface area contributed by atoms with Crippen LogP contribution in [-0.4, -0.2) is 53.9 Å². The lowest BCUT2D eigenvalue weighted by atomic mass is 9.96. The largest absolute Gasteiger partial charge is 0.388 e. The topological polar surface area (TPSA) is 112 Å². The number of urea groups is 1. The van der Waals surface area contributed by atoms with Gasteiger partial charge in [-0.25, -0.2) is 9.78 Å². The van der Waals surface area contributed by atoms with Gasteiger partial charge in [-0.15, -0.1) is 10.2 Å². The zero-order valence-electron chi connectivity index (χ0n) is 16.1. The number of aryl methyl sites for hydroxylation is 1. The molecule has 1 aromatic carbocycles. The van der Waals surface area contributed by atoms with Crippen LogP contribution in [0.3, 0.4) is 0 Å². The highest BCUT2D eigenvalue weighted by Gasteiger charge is 2.27. The summed E-state index contributed by atoms with van der Waals surface area (Å²) in [6.45, 7) is 3.65. The molecular formula is C19H25N7O2. The summed E-state index contributed by atoms with van der Waals surface area (Å²) < 4.78 is 1.85. The highest BCUT2D eigenvalue weighted by atomic mass is 16.3. The Hall–Kier alpha value is -2.94. The molecule has 9 nitrogen and oxygen atoms in total. The first-order valence-electron chi connectivity index (χ1n) is 9.52. The number of likely N-dealkylation sites (tertiary alicyclic amines) is 1. The van der Waals surface area contributed by atoms with Gasteiger partial charge in [-0.05, 0) is 37.5 Å². The van der Waals surface area contributed by atoms with Crippen molar-refractivity contribution in [2.45, 2.75) is 38.8 Å². The molecule has 9 heteroatoms. The molecule has 2 aromatic heterocycles. The van der Waals surface area contributed by atoms with Crippen molar-refractivity contribution in [1.29, 1.82) is 0 Å². The summed E-state index contributed by atoms with van der Waals surface area (Å²) in [5.41, 5.74) is 2.95. The Morgan fingerprint density at radius 3 is 2.82 bits per heavy atom. The number of rotatable bonds is 4. The van der Waals surface area contributed by atoms with Crippen molar-refractivity contribution in [3.63, 3.8) is 0 Å². The minimum atomic E-state index is -0.116. The summed E-state index contributed by atoms with van der Waals surface area (Å²) in [7, 11) is 1.87. The van der Waals surface area contributed by atoms with Crippen LogP contribution < -0.4 is 5.32 Å². The van der Waals surface area contributed by atoms with Crippen molar-refractivity contribution in [1.82, 2.24) is 34.9 Å². The number of nitrogens with zero attached hydrogens (tertiary/aromatic N) is 5. The number of amides is 2. The predicted octanol–water partition coefficient (Wildman–Crippen LogP) is 1.58. The third-order valence-corrected chi connectivity index (χ3v) is 5.40. The van der Waals surface area contributed by atoms with Crippen molar-refractivity contribution >= 4 is 17.1 Å². The van der Waals surface area contributed by atoms with E-state index in [1.54, 1.807) is 0 Å². The minimum Gasteiger partial charge on any atom is -0.388 e. The van der Waals surface area contributed by atoms with Crippen LogP contribution in [0.15, 0.2) is 18.2 Å². The third-order valence-electron chi connectivity index (χ3n) is 5.40. The van der Waals surface area contributed by atoms with Gasteiger partial charge in [-0.2, -0.15) is 0 Å². The van der Waals surface area contributed by atoms with E-state index in [4.69, 9.17) is 0 Å². The second-order valence-corrected chi connectivity index (χ2v) is 7.29. The van der Waals surface area contributed by atoms with Crippen molar-refractivity contribution < 1.29 is 9.90 Å². The zero-order valence-corrected chi connectivity index (χ0v) is 16.1. The number of benzene rings is 1. The molecule has 0 atom stereocenters. The average molecular weight is 383 g/mol. The van der Waals surface area contributed by atoms with Crippen LogP contribution in [-0.2, 0) is 20.2 Å². The molecule has 1 aliphatic heterocycles. The van der Waals surface area contributed by atoms with Gasteiger partial charge in [0, 0.05) is 32.6 Å². The normalized spacial score (nSPS) is 15.3. The van der Waals surface area contributed by atoms with Gasteiger partial charge in [0.15, 0.2) is 5.82 Å². The van der Waals surface area contributed by atoms with E-state index in [0.29, 0.717) is 25.5 Å². The van der Waals surface area contributed by atoms with Gasteiger partial charge >= 0.3 is 6.03 Å². The molecule has 4 rings (SSSR count). The van der Waals surface area contributed by atoms with Crippen LogP contribution in [0.2, 0.25) is 0 Å². The van der Waals surface area contributed by atoms with Gasteiger partial charge in [0.25, 0.3) is 0 Å². The SMILES string of the molecule is Cc1nc2ccc(CNC(=O)N3CCC(c4nnc(CO)n4C)CC3)cc2[nH]1. The van der Waals surface area contributed by atoms with E-state index in [0.717, 1.165) is 41.1 Å². The first-order valence-corrected chi connectivity index (χ1v) is 9.52. The highest BCUT2D eigenvalue weighted by molar-refractivity contribution is 5.77. The number of nitrogens with one attached hydrogen (secondary N) is 2. The van der Waals surface area contributed by atoms with Crippen molar-refractivity contribution in [3.05, 3.63) is 41.2 Å². The van der Waals surface area contributed by atoms with Crippen molar-refractivity contribution in [2.24, 2.45) is 7.05 Å². The molecule has 0 saturated carbocycles. The Morgan fingerprint density at radius 2 is 2.11 bits per heavy atom. The van der Waals surface area contributed by atoms with Crippen LogP contribution in [0.1, 0.15) is 41.8 Å². The van der Waals surface area contributed by atoms with Gasteiger partial charge in [-0.3, -0.25) is 0 Å². The summed E-state index contributed by atoms with van der Waals surface area (Å²) in [5, 5.41) is 20.5. The molecule has 0 radical (unpaired) electrons. The summed E-state index contributed by atoms with van der Waals surface area (Å²) in [6.07, 6.45) is 1.68. The van der Waals surface area contributed by atoms with Crippen molar-refractivity contribution in [2.75, 3.05) is 13.1 Å². The van der Waals surface area contributed by atoms with Gasteiger partial charge < -0.3 is 24.9 Å². The lowest BCUT2D eigenvalue weighted by Crippen LogP contribution is -2.44. The molecule has 1 fully saturated rings. The molecule has 1 saturated heterocycles. The van der Waals surface area contributed by atoms with E-state index in [1.165, 1.54) is 0 Å². The number of aliphatic hydroxyl groups excluding tert-OH is 1. The Balaban J connectivity index is 1.31. The number of imidazole rings is 1. The first-order chi connectivity index (χ1) is 13.5. The second-order valence-electron chi connectivity index (χ2n) is 7.29. The molecule has 3 N–H and O–H groups in total. The summed E-state index contributed by atoms with van der Waals surface area (Å²) in [4.78, 5) is 22.0. The number of aromatic nitrogens is 5. The molecule has 1 aliphatic rings. The second kappa shape index (κ2) is 7.59. The number of H-pyrrole nitrogens is 1. The molecule has 0 spiro atoms. The minimum absolute atomic E-state index is 0.0478. The van der Waals surface area contributed by atoms with E-state index < -0.39 is 0 Å². The monoisotopic (exact) mass is 383 g/mol. The maximum atomic E-state index is 12.5. The maximum absolute atomic E-state index is 12.5. The molecule has 3 aromatic rings. The van der Waals surface area contributed by atoms with E-state index in [9.17, 15) is 9.90 Å². The number of carbonyl (C=O) groups is 1. The summed E-state index contributed by atoms with van der Waals surface area (Å²) >= 11 is 0. The van der Waals surface area contributed by atoms with Crippen LogP contribution >= 0.6 is 0 Å². The number of hydrogen-bond donors (Lipinski definition) is 3. The summed E-state index contributed by atoms with van der Waals surface area (Å²) in [6, 6.07) is 5.93. The molecule has 0 unspecified atom stereocenters. The Morgan fingerprint density at radius 1 is 1.32 bits per heavy atom. The number of carbonyl (C=O) groups excluding carboxylic acids is 1. The predicted molar refractivity (Wildman–Crippen MR) is 104 cm³/mol. The lowest BCUT2D eigenvalue weighted by molar-refractivity contribution is 0.179. The number of fused-ring (bicyclic) bond motifs is 1. The van der Waals surface area contributed by atoms with E-state index in [2.05, 4.69) is 25.5 Å². The smallest absolute Gasteiger partial charge is 0.317 e. The standard InChI is InChI=1S/C19H25N7O2/c1-12-21-15-4-3-13(9-16(15)22-12)10-20-19(28)26-7-5-14(6-8-26)18-24-23-17(11-27)25(18)2/h3-4,9,14,27H,5-8,10-11H2,1-2H3,(H,20,28)(H,21,22). The lowest BCUT2D eigenvalue weighted by Gasteiger charge is -2.31. The summed E-state index contributed by atoms with van der Waals surface area (Å²) in [5.74, 6) is 2.59. The Labute approximate surface area is 162 Å². The van der Waals surface area contributed by atoms with Crippen LogP contribution in [0, 0.1) is 6.92 Å². The molecule has 148 valence electrons. The fraction of sp³-hybridized carbons (Fsp3) is 0.474. The van der Waals surface area contributed by atoms with Gasteiger partial charge in [0.05, 0.1) is 11.0 Å². The molecule has 0 aliphatic carbocycles. The number of piperidine rings is 1. The Bertz CT molecular complexity index is 985. The first kappa shape index (κ1) is 18.4. The average Bonchev–Trinajstić information content (AvgIpc) is 3.26. The van der Waals surface area contributed by atoms with Gasteiger partial charge in [0.2, 0.25) is 0 Å². The van der Waals surface area contributed by atoms with E-state index in [-0.39, 0.29) is 18.6 Å². The number of aromatic amines is 1. The quantitative estimate of drug-likeness (QED) is 0.633. The molecule has 3 heterocycles. The fourth-order valence-corrected chi connectivity index (χ4v) is 3.79. The highest BCUT2D eigenvalue weighted by Crippen LogP contribution is 2.26. The van der Waals surface area contributed by atoms with E-state index in [1.807, 2.05) is 41.6 Å². The Kier molecular flexibility index (Phi) is 4.99. The molecule has 0 bridgehead atoms. The van der Waals surface area contributed by atoms with Crippen LogP contribution in [0.5, 0.6) is 0 Å². The molecular weight excluding hydrogens is 358 g/mol. The number of hydrogen-bond acceptors (Lipinski definition) is 5. The van der Waals surface area contributed by atoms with Gasteiger partial charge in [0.1, 0.15) is 18.3 Å². The maximum Gasteiger partial charge on any atom is 0.317 e. The zero-order chi connectivity index (χ0) is 19.7. The van der Waals surface area contributed by atoms with Crippen LogP contribution in [0.25, 0.3) is 11.0 Å². The molecule has 28 heavy (non-hydrogen) atoms. The van der Waals surface area contributed by atoms with Gasteiger partial charge in [-0.1, -0.05) is 6.07 Å². The number of aliphatic hydroxyl groups is 1.